The third-order valence-electron chi connectivity index (χ3n) is 5.24. The van der Waals surface area contributed by atoms with Gasteiger partial charge in [0.1, 0.15) is 11.5 Å². The molecule has 0 fully saturated rings. The van der Waals surface area contributed by atoms with Crippen LogP contribution in [0.15, 0.2) is 109 Å². The number of hydrogen-bond donors (Lipinski definition) is 1. The minimum absolute atomic E-state index is 0.202. The maximum absolute atomic E-state index is 14.5. The molecule has 0 aliphatic carbocycles. The second-order valence-electron chi connectivity index (χ2n) is 7.89. The summed E-state index contributed by atoms with van der Waals surface area (Å²) in [6.07, 6.45) is 0. The van der Waals surface area contributed by atoms with E-state index in [1.165, 1.54) is 0 Å². The van der Waals surface area contributed by atoms with Crippen molar-refractivity contribution in [1.29, 1.82) is 0 Å². The standard InChI is InChI=1S/C26H20N3O8P/c30-25(20-16-21(28(31)32)18-22(17-20)29(33)34)27-26(19-10-4-1-5-11-19)38(35,36-23-12-6-2-7-13-23)37-24-14-8-3-9-15-24/h1-18,26H,(H,27,30). The van der Waals surface area contributed by atoms with Crippen LogP contribution in [0.4, 0.5) is 11.4 Å². The van der Waals surface area contributed by atoms with Gasteiger partial charge in [-0.1, -0.05) is 66.7 Å². The van der Waals surface area contributed by atoms with Crippen molar-refractivity contribution in [1.82, 2.24) is 5.32 Å². The van der Waals surface area contributed by atoms with Gasteiger partial charge >= 0.3 is 7.60 Å². The molecule has 0 aromatic heterocycles. The van der Waals surface area contributed by atoms with Gasteiger partial charge in [-0.05, 0) is 29.8 Å². The SMILES string of the molecule is O=C(NC(c1ccccc1)P(=O)(Oc1ccccc1)Oc1ccccc1)c1cc([N+](=O)[O-])cc([N+](=O)[O-])c1. The minimum Gasteiger partial charge on any atom is -0.414 e. The van der Waals surface area contributed by atoms with Gasteiger partial charge in [0.15, 0.2) is 5.78 Å². The molecule has 38 heavy (non-hydrogen) atoms. The number of carbonyl (C=O) groups excluding carboxylic acids is 1. The Morgan fingerprint density at radius 3 is 1.55 bits per heavy atom. The van der Waals surface area contributed by atoms with Crippen LogP contribution in [0, 0.1) is 20.2 Å². The zero-order chi connectivity index (χ0) is 27.1. The molecule has 0 radical (unpaired) electrons. The van der Waals surface area contributed by atoms with Gasteiger partial charge in [-0.2, -0.15) is 0 Å². The van der Waals surface area contributed by atoms with Crippen LogP contribution >= 0.6 is 7.60 Å². The Balaban J connectivity index is 1.80. The Kier molecular flexibility index (Phi) is 7.79. The summed E-state index contributed by atoms with van der Waals surface area (Å²) in [4.78, 5) is 34.3. The average molecular weight is 533 g/mol. The molecule has 11 nitrogen and oxygen atoms in total. The molecule has 4 aromatic rings. The molecule has 0 saturated carbocycles. The lowest BCUT2D eigenvalue weighted by molar-refractivity contribution is -0.394. The Bertz CT molecular complexity index is 1420. The maximum atomic E-state index is 14.5. The van der Waals surface area contributed by atoms with Crippen molar-refractivity contribution in [2.45, 2.75) is 5.78 Å². The third-order valence-corrected chi connectivity index (χ3v) is 7.23. The average Bonchev–Trinajstić information content (AvgIpc) is 2.92. The lowest BCUT2D eigenvalue weighted by Gasteiger charge is -2.28. The van der Waals surface area contributed by atoms with E-state index in [2.05, 4.69) is 5.32 Å². The minimum atomic E-state index is -4.33. The number of amides is 1. The van der Waals surface area contributed by atoms with E-state index in [9.17, 15) is 29.6 Å². The molecule has 4 rings (SSSR count). The molecule has 1 unspecified atom stereocenters. The van der Waals surface area contributed by atoms with E-state index in [0.29, 0.717) is 5.56 Å². The number of nitrogens with one attached hydrogen (secondary N) is 1. The number of nitro groups is 2. The number of para-hydroxylation sites is 2. The van der Waals surface area contributed by atoms with E-state index in [1.54, 1.807) is 91.0 Å². The molecule has 0 bridgehead atoms. The van der Waals surface area contributed by atoms with Crippen LogP contribution in [0.3, 0.4) is 0 Å². The van der Waals surface area contributed by atoms with Gasteiger partial charge in [0.2, 0.25) is 0 Å². The summed E-state index contributed by atoms with van der Waals surface area (Å²) in [6.45, 7) is 0. The first-order valence-corrected chi connectivity index (χ1v) is 12.7. The van der Waals surface area contributed by atoms with Crippen LogP contribution in [-0.2, 0) is 4.57 Å². The monoisotopic (exact) mass is 533 g/mol. The number of benzene rings is 4. The predicted molar refractivity (Wildman–Crippen MR) is 138 cm³/mol. The van der Waals surface area contributed by atoms with Crippen molar-refractivity contribution in [3.8, 4) is 11.5 Å². The molecular weight excluding hydrogens is 513 g/mol. The van der Waals surface area contributed by atoms with Crippen molar-refractivity contribution in [2.75, 3.05) is 0 Å². The van der Waals surface area contributed by atoms with E-state index >= 15 is 0 Å². The van der Waals surface area contributed by atoms with Crippen molar-refractivity contribution >= 4 is 24.9 Å². The maximum Gasteiger partial charge on any atom is 0.457 e. The van der Waals surface area contributed by atoms with Gasteiger partial charge in [0, 0.05) is 12.1 Å². The van der Waals surface area contributed by atoms with Crippen molar-refractivity contribution in [2.24, 2.45) is 0 Å². The van der Waals surface area contributed by atoms with E-state index < -0.39 is 40.5 Å². The predicted octanol–water partition coefficient (Wildman–Crippen LogP) is 6.28. The molecule has 4 aromatic carbocycles. The molecule has 0 saturated heterocycles. The van der Waals surface area contributed by atoms with Crippen molar-refractivity contribution in [3.63, 3.8) is 0 Å². The van der Waals surface area contributed by atoms with Gasteiger partial charge in [-0.3, -0.25) is 25.0 Å². The second-order valence-corrected chi connectivity index (χ2v) is 9.85. The first-order valence-electron chi connectivity index (χ1n) is 11.1. The van der Waals surface area contributed by atoms with Crippen LogP contribution in [-0.4, -0.2) is 15.8 Å². The van der Waals surface area contributed by atoms with Crippen LogP contribution in [0.2, 0.25) is 0 Å². The largest absolute Gasteiger partial charge is 0.457 e. The Morgan fingerprint density at radius 2 is 1.13 bits per heavy atom. The Morgan fingerprint density at radius 1 is 0.711 bits per heavy atom. The molecule has 1 N–H and O–H groups in total. The summed E-state index contributed by atoms with van der Waals surface area (Å²) in [5.41, 5.74) is -1.33. The number of nitrogens with zero attached hydrogens (tertiary/aromatic N) is 2. The van der Waals surface area contributed by atoms with Gasteiger partial charge in [0.05, 0.1) is 21.5 Å². The smallest absolute Gasteiger partial charge is 0.414 e. The summed E-state index contributed by atoms with van der Waals surface area (Å²) in [5, 5.41) is 25.2. The number of non-ortho nitro benzene ring substituents is 2. The molecule has 1 atom stereocenters. The van der Waals surface area contributed by atoms with E-state index in [-0.39, 0.29) is 17.1 Å². The Labute approximate surface area is 216 Å². The first kappa shape index (κ1) is 26.1. The number of nitro benzene ring substituents is 2. The highest BCUT2D eigenvalue weighted by Crippen LogP contribution is 2.59. The third kappa shape index (κ3) is 6.21. The summed E-state index contributed by atoms with van der Waals surface area (Å²) in [5.74, 6) is -1.96. The van der Waals surface area contributed by atoms with Crippen molar-refractivity contribution in [3.05, 3.63) is 141 Å². The fraction of sp³-hybridized carbons (Fsp3) is 0.0385. The second kappa shape index (κ2) is 11.4. The van der Waals surface area contributed by atoms with Crippen molar-refractivity contribution < 1.29 is 28.3 Å². The van der Waals surface area contributed by atoms with Crippen LogP contribution in [0.25, 0.3) is 0 Å². The van der Waals surface area contributed by atoms with Gasteiger partial charge in [-0.25, -0.2) is 4.57 Å². The summed E-state index contributed by atoms with van der Waals surface area (Å²) in [6, 6.07) is 27.1. The van der Waals surface area contributed by atoms with E-state index in [4.69, 9.17) is 9.05 Å². The molecule has 0 aliphatic heterocycles. The Hall–Kier alpha value is -5.02. The molecule has 12 heteroatoms. The van der Waals surface area contributed by atoms with Crippen LogP contribution in [0.5, 0.6) is 11.5 Å². The zero-order valence-electron chi connectivity index (χ0n) is 19.6. The lowest BCUT2D eigenvalue weighted by Crippen LogP contribution is -2.31. The van der Waals surface area contributed by atoms with E-state index in [0.717, 1.165) is 18.2 Å². The quantitative estimate of drug-likeness (QED) is 0.142. The normalized spacial score (nSPS) is 11.7. The summed E-state index contributed by atoms with van der Waals surface area (Å²) < 4.78 is 26.3. The zero-order valence-corrected chi connectivity index (χ0v) is 20.5. The fourth-order valence-electron chi connectivity index (χ4n) is 3.51. The highest BCUT2D eigenvalue weighted by molar-refractivity contribution is 7.55. The van der Waals surface area contributed by atoms with Crippen LogP contribution in [0.1, 0.15) is 21.7 Å². The van der Waals surface area contributed by atoms with Gasteiger partial charge < -0.3 is 14.4 Å². The molecular formula is C26H20N3O8P. The van der Waals surface area contributed by atoms with Crippen LogP contribution < -0.4 is 14.4 Å². The number of carbonyl (C=O) groups is 1. The number of rotatable bonds is 10. The molecule has 192 valence electrons. The molecule has 1 amide bonds. The first-order chi connectivity index (χ1) is 18.2. The molecule has 0 spiro atoms. The van der Waals surface area contributed by atoms with E-state index in [1.807, 2.05) is 0 Å². The lowest BCUT2D eigenvalue weighted by atomic mass is 10.1. The topological polar surface area (TPSA) is 151 Å². The summed E-state index contributed by atoms with van der Waals surface area (Å²) >= 11 is 0. The molecule has 0 aliphatic rings. The highest BCUT2D eigenvalue weighted by Gasteiger charge is 2.42. The molecule has 0 heterocycles. The fourth-order valence-corrected chi connectivity index (χ4v) is 5.40. The number of hydrogen-bond acceptors (Lipinski definition) is 8. The van der Waals surface area contributed by atoms with Gasteiger partial charge in [0.25, 0.3) is 17.3 Å². The highest BCUT2D eigenvalue weighted by atomic mass is 31.2. The van der Waals surface area contributed by atoms with Gasteiger partial charge in [-0.15, -0.1) is 0 Å². The summed E-state index contributed by atoms with van der Waals surface area (Å²) in [7, 11) is -4.33.